The second kappa shape index (κ2) is 6.78. The monoisotopic (exact) mass is 282 g/mol. The lowest BCUT2D eigenvalue weighted by molar-refractivity contribution is 0.0793. The number of carbonyl (C=O) groups is 1. The van der Waals surface area contributed by atoms with E-state index in [1.807, 2.05) is 4.90 Å². The molecule has 1 saturated heterocycles. The molecule has 5 heteroatoms. The zero-order valence-corrected chi connectivity index (χ0v) is 11.6. The van der Waals surface area contributed by atoms with Crippen LogP contribution in [-0.2, 0) is 0 Å². The van der Waals surface area contributed by atoms with Crippen molar-refractivity contribution in [2.24, 2.45) is 0 Å². The summed E-state index contributed by atoms with van der Waals surface area (Å²) in [6.07, 6.45) is 2.82. The minimum Gasteiger partial charge on any atom is -0.396 e. The van der Waals surface area contributed by atoms with E-state index in [1.54, 1.807) is 18.2 Å². The Labute approximate surface area is 118 Å². The SMILES string of the molecule is O=C(c1ccc(Cl)c(NCCCO)c1)N1CCCC1. The number of aliphatic hydroxyl groups excluding tert-OH is 1. The summed E-state index contributed by atoms with van der Waals surface area (Å²) in [6.45, 7) is 2.46. The van der Waals surface area contributed by atoms with Crippen LogP contribution in [0.15, 0.2) is 18.2 Å². The molecule has 0 aliphatic carbocycles. The van der Waals surface area contributed by atoms with Crippen LogP contribution in [0.25, 0.3) is 0 Å². The standard InChI is InChI=1S/C14H19ClN2O2/c15-12-5-4-11(10-13(12)16-6-3-9-18)14(19)17-7-1-2-8-17/h4-5,10,16,18H,1-3,6-9H2. The number of nitrogens with zero attached hydrogens (tertiary/aromatic N) is 1. The number of rotatable bonds is 5. The average molecular weight is 283 g/mol. The summed E-state index contributed by atoms with van der Waals surface area (Å²) in [5.74, 6) is 0.0689. The second-order valence-electron chi connectivity index (χ2n) is 4.70. The van der Waals surface area contributed by atoms with Crippen molar-refractivity contribution >= 4 is 23.2 Å². The van der Waals surface area contributed by atoms with Crippen LogP contribution in [0.5, 0.6) is 0 Å². The molecule has 0 unspecified atom stereocenters. The number of halogens is 1. The molecule has 0 radical (unpaired) electrons. The molecule has 1 aromatic rings. The van der Waals surface area contributed by atoms with E-state index in [-0.39, 0.29) is 12.5 Å². The van der Waals surface area contributed by atoms with Gasteiger partial charge < -0.3 is 15.3 Å². The predicted molar refractivity (Wildman–Crippen MR) is 76.8 cm³/mol. The number of aliphatic hydroxyl groups is 1. The fourth-order valence-electron chi connectivity index (χ4n) is 2.20. The zero-order valence-electron chi connectivity index (χ0n) is 10.9. The largest absolute Gasteiger partial charge is 0.396 e. The van der Waals surface area contributed by atoms with Gasteiger partial charge in [-0.25, -0.2) is 0 Å². The van der Waals surface area contributed by atoms with Crippen LogP contribution in [0.2, 0.25) is 5.02 Å². The summed E-state index contributed by atoms with van der Waals surface area (Å²) in [5.41, 5.74) is 1.41. The summed E-state index contributed by atoms with van der Waals surface area (Å²) in [6, 6.07) is 5.30. The van der Waals surface area contributed by atoms with E-state index in [0.29, 0.717) is 23.6 Å². The lowest BCUT2D eigenvalue weighted by atomic mass is 10.1. The molecule has 0 atom stereocenters. The molecule has 1 aliphatic rings. The Morgan fingerprint density at radius 1 is 1.37 bits per heavy atom. The van der Waals surface area contributed by atoms with Gasteiger partial charge in [0.2, 0.25) is 0 Å². The molecule has 0 aromatic heterocycles. The highest BCUT2D eigenvalue weighted by molar-refractivity contribution is 6.33. The van der Waals surface area contributed by atoms with Crippen LogP contribution in [0.1, 0.15) is 29.6 Å². The van der Waals surface area contributed by atoms with E-state index in [1.165, 1.54) is 0 Å². The quantitative estimate of drug-likeness (QED) is 0.815. The number of anilines is 1. The van der Waals surface area contributed by atoms with Crippen molar-refractivity contribution in [3.63, 3.8) is 0 Å². The first-order chi connectivity index (χ1) is 9.22. The first-order valence-corrected chi connectivity index (χ1v) is 7.03. The van der Waals surface area contributed by atoms with Gasteiger partial charge in [-0.15, -0.1) is 0 Å². The fourth-order valence-corrected chi connectivity index (χ4v) is 2.38. The first-order valence-electron chi connectivity index (χ1n) is 6.66. The van der Waals surface area contributed by atoms with Gasteiger partial charge in [0, 0.05) is 31.8 Å². The molecule has 1 aromatic carbocycles. The highest BCUT2D eigenvalue weighted by atomic mass is 35.5. The Balaban J connectivity index is 2.08. The lowest BCUT2D eigenvalue weighted by Gasteiger charge is -2.16. The number of hydrogen-bond donors (Lipinski definition) is 2. The molecular formula is C14H19ClN2O2. The number of likely N-dealkylation sites (tertiary alicyclic amines) is 1. The third-order valence-corrected chi connectivity index (χ3v) is 3.59. The van der Waals surface area contributed by atoms with E-state index in [0.717, 1.165) is 31.6 Å². The Morgan fingerprint density at radius 3 is 2.79 bits per heavy atom. The molecule has 2 N–H and O–H groups in total. The van der Waals surface area contributed by atoms with Gasteiger partial charge in [-0.3, -0.25) is 4.79 Å². The van der Waals surface area contributed by atoms with E-state index in [9.17, 15) is 4.79 Å². The Hall–Kier alpha value is -1.26. The van der Waals surface area contributed by atoms with Crippen LogP contribution < -0.4 is 5.32 Å². The summed E-state index contributed by atoms with van der Waals surface area (Å²) >= 11 is 6.09. The van der Waals surface area contributed by atoms with Crippen molar-refractivity contribution in [1.29, 1.82) is 0 Å². The van der Waals surface area contributed by atoms with Gasteiger partial charge >= 0.3 is 0 Å². The minimum atomic E-state index is 0.0689. The molecule has 0 spiro atoms. The van der Waals surface area contributed by atoms with Gasteiger partial charge in [-0.1, -0.05) is 11.6 Å². The maximum Gasteiger partial charge on any atom is 0.253 e. The maximum absolute atomic E-state index is 12.3. The maximum atomic E-state index is 12.3. The Bertz CT molecular complexity index is 445. The lowest BCUT2D eigenvalue weighted by Crippen LogP contribution is -2.27. The Kier molecular flexibility index (Phi) is 5.05. The van der Waals surface area contributed by atoms with Crippen molar-refractivity contribution in [3.05, 3.63) is 28.8 Å². The molecule has 104 valence electrons. The Morgan fingerprint density at radius 2 is 2.11 bits per heavy atom. The van der Waals surface area contributed by atoms with Gasteiger partial charge in [0.25, 0.3) is 5.91 Å². The molecular weight excluding hydrogens is 264 g/mol. The van der Waals surface area contributed by atoms with Crippen LogP contribution in [0.3, 0.4) is 0 Å². The number of hydrogen-bond acceptors (Lipinski definition) is 3. The van der Waals surface area contributed by atoms with E-state index in [2.05, 4.69) is 5.32 Å². The zero-order chi connectivity index (χ0) is 13.7. The fraction of sp³-hybridized carbons (Fsp3) is 0.500. The van der Waals surface area contributed by atoms with Crippen LogP contribution >= 0.6 is 11.6 Å². The minimum absolute atomic E-state index is 0.0689. The highest BCUT2D eigenvalue weighted by Crippen LogP contribution is 2.24. The molecule has 0 bridgehead atoms. The van der Waals surface area contributed by atoms with E-state index >= 15 is 0 Å². The van der Waals surface area contributed by atoms with Crippen LogP contribution in [0.4, 0.5) is 5.69 Å². The first kappa shape index (κ1) is 14.2. The van der Waals surface area contributed by atoms with Gasteiger partial charge in [0.1, 0.15) is 0 Å². The molecule has 2 rings (SSSR count). The number of nitrogens with one attached hydrogen (secondary N) is 1. The molecule has 1 heterocycles. The number of benzene rings is 1. The van der Waals surface area contributed by atoms with Gasteiger partial charge in [0.15, 0.2) is 0 Å². The van der Waals surface area contributed by atoms with Crippen molar-refractivity contribution in [3.8, 4) is 0 Å². The highest BCUT2D eigenvalue weighted by Gasteiger charge is 2.19. The van der Waals surface area contributed by atoms with E-state index in [4.69, 9.17) is 16.7 Å². The van der Waals surface area contributed by atoms with Crippen molar-refractivity contribution in [1.82, 2.24) is 4.90 Å². The third-order valence-electron chi connectivity index (χ3n) is 3.26. The molecule has 1 amide bonds. The molecule has 19 heavy (non-hydrogen) atoms. The van der Waals surface area contributed by atoms with Gasteiger partial charge in [-0.2, -0.15) is 0 Å². The van der Waals surface area contributed by atoms with Gasteiger partial charge in [-0.05, 0) is 37.5 Å². The number of carbonyl (C=O) groups excluding carboxylic acids is 1. The predicted octanol–water partition coefficient (Wildman–Crippen LogP) is 2.37. The van der Waals surface area contributed by atoms with Crippen molar-refractivity contribution in [2.45, 2.75) is 19.3 Å². The normalized spacial score (nSPS) is 14.7. The van der Waals surface area contributed by atoms with Crippen molar-refractivity contribution in [2.75, 3.05) is 31.6 Å². The summed E-state index contributed by atoms with van der Waals surface area (Å²) < 4.78 is 0. The second-order valence-corrected chi connectivity index (χ2v) is 5.11. The molecule has 0 saturated carbocycles. The third kappa shape index (κ3) is 3.61. The molecule has 1 fully saturated rings. The summed E-state index contributed by atoms with van der Waals surface area (Å²) in [4.78, 5) is 14.1. The average Bonchev–Trinajstić information content (AvgIpc) is 2.94. The van der Waals surface area contributed by atoms with E-state index < -0.39 is 0 Å². The topological polar surface area (TPSA) is 52.6 Å². The van der Waals surface area contributed by atoms with Crippen LogP contribution in [0, 0.1) is 0 Å². The summed E-state index contributed by atoms with van der Waals surface area (Å²) in [5, 5.41) is 12.5. The van der Waals surface area contributed by atoms with Crippen LogP contribution in [-0.4, -0.2) is 42.2 Å². The van der Waals surface area contributed by atoms with Crippen molar-refractivity contribution < 1.29 is 9.90 Å². The number of amides is 1. The molecule has 4 nitrogen and oxygen atoms in total. The molecule has 1 aliphatic heterocycles. The smallest absolute Gasteiger partial charge is 0.253 e. The summed E-state index contributed by atoms with van der Waals surface area (Å²) in [7, 11) is 0. The van der Waals surface area contributed by atoms with Gasteiger partial charge in [0.05, 0.1) is 10.7 Å².